The van der Waals surface area contributed by atoms with Gasteiger partial charge in [0.2, 0.25) is 0 Å². The minimum atomic E-state index is -0.0727. The van der Waals surface area contributed by atoms with Crippen LogP contribution in [0.4, 0.5) is 0 Å². The van der Waals surface area contributed by atoms with Gasteiger partial charge in [0.15, 0.2) is 0 Å². The molecule has 3 heterocycles. The number of methoxy groups -OCH3 is 1. The predicted molar refractivity (Wildman–Crippen MR) is 94.1 cm³/mol. The van der Waals surface area contributed by atoms with E-state index >= 15 is 0 Å². The van der Waals surface area contributed by atoms with Crippen LogP contribution in [0.5, 0.6) is 0 Å². The lowest BCUT2D eigenvalue weighted by molar-refractivity contribution is 0.0632. The molecule has 0 spiro atoms. The highest BCUT2D eigenvalue weighted by Gasteiger charge is 2.30. The van der Waals surface area contributed by atoms with Crippen molar-refractivity contribution >= 4 is 16.8 Å². The summed E-state index contributed by atoms with van der Waals surface area (Å²) in [4.78, 5) is 23.7. The molecule has 0 radical (unpaired) electrons. The molecule has 0 N–H and O–H groups in total. The van der Waals surface area contributed by atoms with Gasteiger partial charge in [-0.25, -0.2) is 4.98 Å². The molecule has 0 unspecified atom stereocenters. The van der Waals surface area contributed by atoms with Crippen LogP contribution >= 0.6 is 0 Å². The van der Waals surface area contributed by atoms with Crippen molar-refractivity contribution in [1.29, 1.82) is 0 Å². The zero-order chi connectivity index (χ0) is 17.4. The first-order valence-electron chi connectivity index (χ1n) is 8.38. The SMILES string of the molecule is COCc1cnc2n1CCN(C(=O)c1ccc3ncccc3c1)[C@H]2C. The standard InChI is InChI=1S/C19H20N4O2/c1-13-18-21-11-16(12-25-2)23(18)9-8-22(13)19(24)15-5-6-17-14(10-15)4-3-7-20-17/h3-7,10-11,13H,8-9,12H2,1-2H3/t13-/m0/s1. The maximum absolute atomic E-state index is 13.0. The van der Waals surface area contributed by atoms with Crippen LogP contribution in [0, 0.1) is 0 Å². The average molecular weight is 336 g/mol. The molecule has 1 amide bonds. The minimum Gasteiger partial charge on any atom is -0.378 e. The molecule has 6 nitrogen and oxygen atoms in total. The Bertz CT molecular complexity index is 934. The van der Waals surface area contributed by atoms with Gasteiger partial charge in [-0.05, 0) is 31.2 Å². The van der Waals surface area contributed by atoms with Crippen molar-refractivity contribution in [3.8, 4) is 0 Å². The Morgan fingerprint density at radius 3 is 3.00 bits per heavy atom. The first-order valence-corrected chi connectivity index (χ1v) is 8.38. The number of hydrogen-bond donors (Lipinski definition) is 0. The van der Waals surface area contributed by atoms with Crippen molar-refractivity contribution in [3.05, 3.63) is 59.8 Å². The van der Waals surface area contributed by atoms with E-state index in [2.05, 4.69) is 14.5 Å². The van der Waals surface area contributed by atoms with Gasteiger partial charge in [0.05, 0.1) is 30.1 Å². The Hall–Kier alpha value is -2.73. The predicted octanol–water partition coefficient (Wildman–Crippen LogP) is 2.79. The number of benzene rings is 1. The van der Waals surface area contributed by atoms with Crippen molar-refractivity contribution in [1.82, 2.24) is 19.4 Å². The fourth-order valence-corrected chi connectivity index (χ4v) is 3.47. The number of ether oxygens (including phenoxy) is 1. The van der Waals surface area contributed by atoms with Gasteiger partial charge in [0.25, 0.3) is 5.91 Å². The average Bonchev–Trinajstić information content (AvgIpc) is 3.05. The Kier molecular flexibility index (Phi) is 3.97. The van der Waals surface area contributed by atoms with E-state index in [-0.39, 0.29) is 11.9 Å². The topological polar surface area (TPSA) is 60.2 Å². The summed E-state index contributed by atoms with van der Waals surface area (Å²) < 4.78 is 7.38. The molecule has 1 aliphatic heterocycles. The number of carbonyl (C=O) groups excluding carboxylic acids is 1. The zero-order valence-electron chi connectivity index (χ0n) is 14.3. The first kappa shape index (κ1) is 15.8. The number of amides is 1. The number of hydrogen-bond acceptors (Lipinski definition) is 4. The van der Waals surface area contributed by atoms with Crippen molar-refractivity contribution < 1.29 is 9.53 Å². The van der Waals surface area contributed by atoms with Crippen molar-refractivity contribution in [2.24, 2.45) is 0 Å². The maximum atomic E-state index is 13.0. The second kappa shape index (κ2) is 6.29. The van der Waals surface area contributed by atoms with Crippen LogP contribution in [-0.4, -0.2) is 39.0 Å². The highest BCUT2D eigenvalue weighted by molar-refractivity contribution is 5.98. The number of nitrogens with zero attached hydrogens (tertiary/aromatic N) is 4. The molecule has 3 aromatic rings. The molecule has 128 valence electrons. The third kappa shape index (κ3) is 2.68. The molecule has 1 aromatic carbocycles. The third-order valence-electron chi connectivity index (χ3n) is 4.78. The van der Waals surface area contributed by atoms with Crippen LogP contribution in [0.2, 0.25) is 0 Å². The normalized spacial score (nSPS) is 16.9. The van der Waals surface area contributed by atoms with E-state index < -0.39 is 0 Å². The number of aromatic nitrogens is 3. The summed E-state index contributed by atoms with van der Waals surface area (Å²) in [5.74, 6) is 0.940. The van der Waals surface area contributed by atoms with Gasteiger partial charge < -0.3 is 14.2 Å². The summed E-state index contributed by atoms with van der Waals surface area (Å²) >= 11 is 0. The molecule has 0 saturated carbocycles. The summed E-state index contributed by atoms with van der Waals surface area (Å²) in [6.07, 6.45) is 3.60. The quantitative estimate of drug-likeness (QED) is 0.738. The number of rotatable bonds is 3. The summed E-state index contributed by atoms with van der Waals surface area (Å²) in [7, 11) is 1.68. The molecular weight excluding hydrogens is 316 g/mol. The van der Waals surface area contributed by atoms with E-state index in [1.807, 2.05) is 48.4 Å². The summed E-state index contributed by atoms with van der Waals surface area (Å²) in [6.45, 7) is 3.95. The molecule has 1 atom stereocenters. The molecule has 0 aliphatic carbocycles. The molecule has 0 bridgehead atoms. The molecule has 0 fully saturated rings. The van der Waals surface area contributed by atoms with E-state index in [1.54, 1.807) is 13.3 Å². The summed E-state index contributed by atoms with van der Waals surface area (Å²) in [6, 6.07) is 9.44. The highest BCUT2D eigenvalue weighted by Crippen LogP contribution is 2.27. The minimum absolute atomic E-state index is 0.0285. The molecule has 4 rings (SSSR count). The van der Waals surface area contributed by atoms with Gasteiger partial charge in [0, 0.05) is 37.3 Å². The Morgan fingerprint density at radius 1 is 1.28 bits per heavy atom. The fourth-order valence-electron chi connectivity index (χ4n) is 3.47. The van der Waals surface area contributed by atoms with E-state index in [1.165, 1.54) is 0 Å². The molecule has 2 aromatic heterocycles. The zero-order valence-corrected chi connectivity index (χ0v) is 14.3. The lowest BCUT2D eigenvalue weighted by Crippen LogP contribution is -2.41. The van der Waals surface area contributed by atoms with Crippen molar-refractivity contribution in [3.63, 3.8) is 0 Å². The van der Waals surface area contributed by atoms with Crippen LogP contribution < -0.4 is 0 Å². The van der Waals surface area contributed by atoms with Crippen LogP contribution in [-0.2, 0) is 17.9 Å². The molecule has 0 saturated heterocycles. The van der Waals surface area contributed by atoms with Gasteiger partial charge in [-0.2, -0.15) is 0 Å². The lowest BCUT2D eigenvalue weighted by Gasteiger charge is -2.34. The Balaban J connectivity index is 1.63. The smallest absolute Gasteiger partial charge is 0.254 e. The molecule has 1 aliphatic rings. The number of fused-ring (bicyclic) bond motifs is 2. The number of imidazole rings is 1. The second-order valence-corrected chi connectivity index (χ2v) is 6.28. The Morgan fingerprint density at radius 2 is 2.16 bits per heavy atom. The first-order chi connectivity index (χ1) is 12.2. The van der Waals surface area contributed by atoms with Gasteiger partial charge in [-0.1, -0.05) is 6.07 Å². The maximum Gasteiger partial charge on any atom is 0.254 e. The van der Waals surface area contributed by atoms with Gasteiger partial charge >= 0.3 is 0 Å². The van der Waals surface area contributed by atoms with E-state index in [4.69, 9.17) is 4.74 Å². The highest BCUT2D eigenvalue weighted by atomic mass is 16.5. The van der Waals surface area contributed by atoms with Gasteiger partial charge in [-0.15, -0.1) is 0 Å². The van der Waals surface area contributed by atoms with Crippen LogP contribution in [0.3, 0.4) is 0 Å². The van der Waals surface area contributed by atoms with Gasteiger partial charge in [0.1, 0.15) is 5.82 Å². The lowest BCUT2D eigenvalue weighted by atomic mass is 10.1. The molecule has 6 heteroatoms. The largest absolute Gasteiger partial charge is 0.378 e. The van der Waals surface area contributed by atoms with Crippen molar-refractivity contribution in [2.45, 2.75) is 26.1 Å². The van der Waals surface area contributed by atoms with Crippen LogP contribution in [0.25, 0.3) is 10.9 Å². The monoisotopic (exact) mass is 336 g/mol. The third-order valence-corrected chi connectivity index (χ3v) is 4.78. The van der Waals surface area contributed by atoms with E-state index in [0.717, 1.165) is 29.0 Å². The van der Waals surface area contributed by atoms with Gasteiger partial charge in [-0.3, -0.25) is 9.78 Å². The summed E-state index contributed by atoms with van der Waals surface area (Å²) in [5, 5.41) is 0.974. The fraction of sp³-hybridized carbons (Fsp3) is 0.316. The van der Waals surface area contributed by atoms with Crippen molar-refractivity contribution in [2.75, 3.05) is 13.7 Å². The van der Waals surface area contributed by atoms with Crippen LogP contribution in [0.15, 0.2) is 42.7 Å². The molecular formula is C19H20N4O2. The van der Waals surface area contributed by atoms with E-state index in [9.17, 15) is 4.79 Å². The number of pyridine rings is 1. The van der Waals surface area contributed by atoms with E-state index in [0.29, 0.717) is 18.7 Å². The molecule has 25 heavy (non-hydrogen) atoms. The summed E-state index contributed by atoms with van der Waals surface area (Å²) in [5.41, 5.74) is 2.63. The van der Waals surface area contributed by atoms with Crippen LogP contribution in [0.1, 0.15) is 34.8 Å². The Labute approximate surface area is 146 Å². The second-order valence-electron chi connectivity index (χ2n) is 6.28. The number of carbonyl (C=O) groups is 1.